The number of carbonyl (C=O) groups is 2. The Morgan fingerprint density at radius 2 is 1.52 bits per heavy atom. The molecule has 25 heavy (non-hydrogen) atoms. The van der Waals surface area contributed by atoms with Gasteiger partial charge in [0.2, 0.25) is 11.8 Å². The molecule has 0 atom stereocenters. The van der Waals surface area contributed by atoms with Gasteiger partial charge in [-0.05, 0) is 68.5 Å². The van der Waals surface area contributed by atoms with Crippen LogP contribution in [-0.2, 0) is 9.59 Å². The van der Waals surface area contributed by atoms with Crippen molar-refractivity contribution in [1.29, 1.82) is 0 Å². The monoisotopic (exact) mass is 356 g/mol. The van der Waals surface area contributed by atoms with Crippen LogP contribution < -0.4 is 10.6 Å². The minimum atomic E-state index is -0.985. The number of halogens is 1. The van der Waals surface area contributed by atoms with Gasteiger partial charge in [-0.2, -0.15) is 0 Å². The van der Waals surface area contributed by atoms with E-state index in [1.807, 2.05) is 39.0 Å². The maximum atomic E-state index is 12.8. The number of anilines is 2. The van der Waals surface area contributed by atoms with E-state index in [0.29, 0.717) is 23.6 Å². The third-order valence-corrected chi connectivity index (χ3v) is 5.01. The first-order valence-corrected chi connectivity index (χ1v) is 8.66. The lowest BCUT2D eigenvalue weighted by Gasteiger charge is -2.18. The molecule has 1 fully saturated rings. The largest absolute Gasteiger partial charge is 0.325 e. The Morgan fingerprint density at radius 1 is 0.920 bits per heavy atom. The number of benzene rings is 2. The summed E-state index contributed by atoms with van der Waals surface area (Å²) in [5, 5.41) is 6.44. The van der Waals surface area contributed by atoms with Crippen LogP contribution in [0.25, 0.3) is 0 Å². The maximum absolute atomic E-state index is 12.8. The summed E-state index contributed by atoms with van der Waals surface area (Å²) in [5.74, 6) is -0.504. The molecule has 0 saturated heterocycles. The van der Waals surface area contributed by atoms with E-state index < -0.39 is 5.41 Å². The number of hydrogen-bond donors (Lipinski definition) is 2. The summed E-state index contributed by atoms with van der Waals surface area (Å²) in [4.78, 5) is 25.5. The van der Waals surface area contributed by atoms with Crippen molar-refractivity contribution in [2.45, 2.75) is 33.6 Å². The highest BCUT2D eigenvalue weighted by Gasteiger charge is 2.56. The molecule has 1 saturated carbocycles. The predicted molar refractivity (Wildman–Crippen MR) is 101 cm³/mol. The van der Waals surface area contributed by atoms with Crippen molar-refractivity contribution in [3.05, 3.63) is 58.1 Å². The molecule has 0 unspecified atom stereocenters. The topological polar surface area (TPSA) is 58.2 Å². The van der Waals surface area contributed by atoms with Crippen molar-refractivity contribution in [3.8, 4) is 0 Å². The maximum Gasteiger partial charge on any atom is 0.240 e. The fourth-order valence-electron chi connectivity index (χ4n) is 2.94. The normalized spacial score (nSPS) is 14.7. The van der Waals surface area contributed by atoms with Crippen molar-refractivity contribution in [3.63, 3.8) is 0 Å². The van der Waals surface area contributed by atoms with E-state index >= 15 is 0 Å². The van der Waals surface area contributed by atoms with Gasteiger partial charge in [0.15, 0.2) is 0 Å². The Morgan fingerprint density at radius 3 is 2.08 bits per heavy atom. The molecule has 0 heterocycles. The standard InChI is InChI=1S/C20H21ClN2O2/c1-12-5-4-6-13(2)17(12)23-19(25)20(9-10-20)18(24)22-16-8-7-15(21)11-14(16)3/h4-8,11H,9-10H2,1-3H3,(H,22,24)(H,23,25). The first-order chi connectivity index (χ1) is 11.8. The highest BCUT2D eigenvalue weighted by molar-refractivity contribution is 6.30. The summed E-state index contributed by atoms with van der Waals surface area (Å²) >= 11 is 5.95. The number of nitrogens with one attached hydrogen (secondary N) is 2. The smallest absolute Gasteiger partial charge is 0.240 e. The molecule has 0 bridgehead atoms. The molecule has 4 nitrogen and oxygen atoms in total. The second-order valence-corrected chi connectivity index (χ2v) is 7.15. The Bertz CT molecular complexity index is 837. The number of aryl methyl sites for hydroxylation is 3. The number of carbonyl (C=O) groups excluding carboxylic acids is 2. The van der Waals surface area contributed by atoms with E-state index in [0.717, 1.165) is 22.4 Å². The summed E-state index contributed by atoms with van der Waals surface area (Å²) < 4.78 is 0. The van der Waals surface area contributed by atoms with Gasteiger partial charge in [-0.3, -0.25) is 9.59 Å². The van der Waals surface area contributed by atoms with Gasteiger partial charge >= 0.3 is 0 Å². The lowest BCUT2D eigenvalue weighted by atomic mass is 10.0. The van der Waals surface area contributed by atoms with Crippen LogP contribution in [0.1, 0.15) is 29.5 Å². The van der Waals surface area contributed by atoms with E-state index in [1.165, 1.54) is 0 Å². The quantitative estimate of drug-likeness (QED) is 0.785. The zero-order valence-electron chi connectivity index (χ0n) is 14.6. The Balaban J connectivity index is 1.77. The zero-order valence-corrected chi connectivity index (χ0v) is 15.3. The lowest BCUT2D eigenvalue weighted by molar-refractivity contribution is -0.131. The fourth-order valence-corrected chi connectivity index (χ4v) is 3.16. The molecule has 1 aliphatic carbocycles. The van der Waals surface area contributed by atoms with E-state index in [9.17, 15) is 9.59 Å². The van der Waals surface area contributed by atoms with Gasteiger partial charge in [0.05, 0.1) is 0 Å². The van der Waals surface area contributed by atoms with Crippen LogP contribution in [-0.4, -0.2) is 11.8 Å². The van der Waals surface area contributed by atoms with E-state index in [-0.39, 0.29) is 11.8 Å². The minimum Gasteiger partial charge on any atom is -0.325 e. The molecular formula is C20H21ClN2O2. The van der Waals surface area contributed by atoms with Crippen LogP contribution in [0, 0.1) is 26.2 Å². The van der Waals surface area contributed by atoms with Crippen molar-refractivity contribution in [2.75, 3.05) is 10.6 Å². The molecule has 130 valence electrons. The van der Waals surface area contributed by atoms with Crippen LogP contribution in [0.3, 0.4) is 0 Å². The molecular weight excluding hydrogens is 336 g/mol. The molecule has 3 rings (SSSR count). The predicted octanol–water partition coefficient (Wildman–Crippen LogP) is 4.62. The highest BCUT2D eigenvalue weighted by atomic mass is 35.5. The fraction of sp³-hybridized carbons (Fsp3) is 0.300. The van der Waals surface area contributed by atoms with Gasteiger partial charge < -0.3 is 10.6 Å². The van der Waals surface area contributed by atoms with Crippen LogP contribution in [0.5, 0.6) is 0 Å². The average Bonchev–Trinajstić information content (AvgIpc) is 3.35. The van der Waals surface area contributed by atoms with Crippen LogP contribution in [0.15, 0.2) is 36.4 Å². The number of rotatable bonds is 4. The molecule has 0 aromatic heterocycles. The van der Waals surface area contributed by atoms with Crippen molar-refractivity contribution in [2.24, 2.45) is 5.41 Å². The van der Waals surface area contributed by atoms with Gasteiger partial charge in [-0.25, -0.2) is 0 Å². The summed E-state index contributed by atoms with van der Waals surface area (Å²) in [5.41, 5.74) is 3.32. The van der Waals surface area contributed by atoms with Gasteiger partial charge in [0.1, 0.15) is 5.41 Å². The summed E-state index contributed by atoms with van der Waals surface area (Å²) in [7, 11) is 0. The summed E-state index contributed by atoms with van der Waals surface area (Å²) in [6.45, 7) is 5.76. The van der Waals surface area contributed by atoms with Crippen molar-refractivity contribution < 1.29 is 9.59 Å². The number of para-hydroxylation sites is 1. The van der Waals surface area contributed by atoms with E-state index in [1.54, 1.807) is 18.2 Å². The van der Waals surface area contributed by atoms with Gasteiger partial charge in [0.25, 0.3) is 0 Å². The van der Waals surface area contributed by atoms with Gasteiger partial charge in [-0.15, -0.1) is 0 Å². The van der Waals surface area contributed by atoms with Gasteiger partial charge in [-0.1, -0.05) is 29.8 Å². The molecule has 0 spiro atoms. The van der Waals surface area contributed by atoms with Crippen LogP contribution in [0.4, 0.5) is 11.4 Å². The Kier molecular flexibility index (Phi) is 4.56. The van der Waals surface area contributed by atoms with Crippen molar-refractivity contribution in [1.82, 2.24) is 0 Å². The van der Waals surface area contributed by atoms with E-state index in [4.69, 9.17) is 11.6 Å². The van der Waals surface area contributed by atoms with Crippen LogP contribution in [0.2, 0.25) is 5.02 Å². The number of hydrogen-bond acceptors (Lipinski definition) is 2. The molecule has 2 aromatic rings. The second-order valence-electron chi connectivity index (χ2n) is 6.72. The first-order valence-electron chi connectivity index (χ1n) is 8.29. The molecule has 2 aromatic carbocycles. The first kappa shape index (κ1) is 17.5. The Hall–Kier alpha value is -2.33. The summed E-state index contributed by atoms with van der Waals surface area (Å²) in [6, 6.07) is 11.1. The molecule has 0 radical (unpaired) electrons. The highest BCUT2D eigenvalue weighted by Crippen LogP contribution is 2.48. The molecule has 1 aliphatic rings. The minimum absolute atomic E-state index is 0.242. The Labute approximate surface area is 152 Å². The molecule has 5 heteroatoms. The van der Waals surface area contributed by atoms with E-state index in [2.05, 4.69) is 10.6 Å². The second kappa shape index (κ2) is 6.52. The lowest BCUT2D eigenvalue weighted by Crippen LogP contribution is -2.36. The molecule has 2 N–H and O–H groups in total. The molecule has 0 aliphatic heterocycles. The SMILES string of the molecule is Cc1cc(Cl)ccc1NC(=O)C1(C(=O)Nc2c(C)cccc2C)CC1. The third kappa shape index (κ3) is 3.40. The van der Waals surface area contributed by atoms with Crippen molar-refractivity contribution >= 4 is 34.8 Å². The summed E-state index contributed by atoms with van der Waals surface area (Å²) in [6.07, 6.45) is 1.12. The third-order valence-electron chi connectivity index (χ3n) is 4.78. The average molecular weight is 357 g/mol. The van der Waals surface area contributed by atoms with Crippen LogP contribution >= 0.6 is 11.6 Å². The van der Waals surface area contributed by atoms with Gasteiger partial charge in [0, 0.05) is 16.4 Å². The molecule has 2 amide bonds. The zero-order chi connectivity index (χ0) is 18.2. The number of amides is 2.